The third-order valence-corrected chi connectivity index (χ3v) is 4.48. The second-order valence-corrected chi connectivity index (χ2v) is 6.66. The van der Waals surface area contributed by atoms with Crippen LogP contribution >= 0.6 is 0 Å². The van der Waals surface area contributed by atoms with Crippen LogP contribution in [0.5, 0.6) is 6.01 Å². The van der Waals surface area contributed by atoms with Gasteiger partial charge in [-0.2, -0.15) is 15.0 Å². The molecule has 3 heterocycles. The molecule has 2 aromatic heterocycles. The zero-order valence-corrected chi connectivity index (χ0v) is 15.9. The second-order valence-electron chi connectivity index (χ2n) is 6.66. The molecule has 0 saturated carbocycles. The molecule has 0 amide bonds. The SMILES string of the molecule is COc1nc(CO)nc(N2C(C)CN(c3ccnc(C(C)O)n3)CC2C)n1. The minimum Gasteiger partial charge on any atom is -0.467 e. The first-order valence-electron chi connectivity index (χ1n) is 8.87. The van der Waals surface area contributed by atoms with Gasteiger partial charge >= 0.3 is 6.01 Å². The van der Waals surface area contributed by atoms with Crippen molar-refractivity contribution in [3.8, 4) is 6.01 Å². The van der Waals surface area contributed by atoms with Crippen molar-refractivity contribution in [1.29, 1.82) is 0 Å². The van der Waals surface area contributed by atoms with Crippen molar-refractivity contribution in [1.82, 2.24) is 24.9 Å². The van der Waals surface area contributed by atoms with Crippen LogP contribution < -0.4 is 14.5 Å². The highest BCUT2D eigenvalue weighted by molar-refractivity contribution is 5.45. The predicted molar refractivity (Wildman–Crippen MR) is 98.6 cm³/mol. The monoisotopic (exact) mass is 375 g/mol. The summed E-state index contributed by atoms with van der Waals surface area (Å²) in [6, 6.07) is 2.19. The summed E-state index contributed by atoms with van der Waals surface area (Å²) < 4.78 is 5.13. The number of aliphatic hydroxyl groups excluding tert-OH is 2. The minimum absolute atomic E-state index is 0.0809. The quantitative estimate of drug-likeness (QED) is 0.755. The van der Waals surface area contributed by atoms with Crippen LogP contribution in [-0.4, -0.2) is 67.4 Å². The Hall–Kier alpha value is -2.59. The van der Waals surface area contributed by atoms with E-state index in [1.807, 2.05) is 6.07 Å². The van der Waals surface area contributed by atoms with Crippen LogP contribution in [0.1, 0.15) is 38.5 Å². The summed E-state index contributed by atoms with van der Waals surface area (Å²) >= 11 is 0. The molecule has 1 fully saturated rings. The van der Waals surface area contributed by atoms with Crippen molar-refractivity contribution in [2.45, 2.75) is 45.6 Å². The molecule has 0 aliphatic carbocycles. The molecule has 0 radical (unpaired) electrons. The summed E-state index contributed by atoms with van der Waals surface area (Å²) in [6.45, 7) is 6.92. The van der Waals surface area contributed by atoms with Crippen LogP contribution in [0.2, 0.25) is 0 Å². The fourth-order valence-corrected chi connectivity index (χ4v) is 3.31. The normalized spacial score (nSPS) is 21.3. The van der Waals surface area contributed by atoms with Gasteiger partial charge in [0.1, 0.15) is 18.5 Å². The average Bonchev–Trinajstić information content (AvgIpc) is 2.67. The molecule has 0 bridgehead atoms. The summed E-state index contributed by atoms with van der Waals surface area (Å²) in [7, 11) is 1.49. The fraction of sp³-hybridized carbons (Fsp3) is 0.588. The molecule has 3 unspecified atom stereocenters. The Balaban J connectivity index is 1.85. The van der Waals surface area contributed by atoms with Crippen molar-refractivity contribution in [2.75, 3.05) is 30.0 Å². The molecular weight excluding hydrogens is 350 g/mol. The van der Waals surface area contributed by atoms with Gasteiger partial charge in [-0.3, -0.25) is 0 Å². The Morgan fingerprint density at radius 1 is 1.19 bits per heavy atom. The number of hydrogen-bond acceptors (Lipinski definition) is 10. The van der Waals surface area contributed by atoms with Gasteiger partial charge in [0.05, 0.1) is 7.11 Å². The van der Waals surface area contributed by atoms with Crippen molar-refractivity contribution < 1.29 is 14.9 Å². The summed E-state index contributed by atoms with van der Waals surface area (Å²) in [4.78, 5) is 25.6. The Bertz CT molecular complexity index is 755. The van der Waals surface area contributed by atoms with Gasteiger partial charge in [0, 0.05) is 31.4 Å². The van der Waals surface area contributed by atoms with Crippen molar-refractivity contribution in [3.63, 3.8) is 0 Å². The molecule has 1 aliphatic heterocycles. The highest BCUT2D eigenvalue weighted by Crippen LogP contribution is 2.25. The molecule has 27 heavy (non-hydrogen) atoms. The van der Waals surface area contributed by atoms with E-state index >= 15 is 0 Å². The largest absolute Gasteiger partial charge is 0.467 e. The number of methoxy groups -OCH3 is 1. The number of hydrogen-bond donors (Lipinski definition) is 2. The number of ether oxygens (including phenoxy) is 1. The van der Waals surface area contributed by atoms with E-state index in [4.69, 9.17) is 4.74 Å². The van der Waals surface area contributed by atoms with Crippen LogP contribution in [-0.2, 0) is 6.61 Å². The van der Waals surface area contributed by atoms with Crippen LogP contribution in [0.3, 0.4) is 0 Å². The van der Waals surface area contributed by atoms with Gasteiger partial charge in [-0.15, -0.1) is 0 Å². The number of aromatic nitrogens is 5. The number of rotatable bonds is 5. The number of aliphatic hydroxyl groups is 2. The Morgan fingerprint density at radius 2 is 1.89 bits per heavy atom. The molecule has 2 aromatic rings. The molecule has 0 spiro atoms. The number of anilines is 2. The molecule has 3 atom stereocenters. The molecule has 10 nitrogen and oxygen atoms in total. The van der Waals surface area contributed by atoms with Gasteiger partial charge in [0.15, 0.2) is 11.6 Å². The summed E-state index contributed by atoms with van der Waals surface area (Å²) in [6.07, 6.45) is 0.951. The van der Waals surface area contributed by atoms with E-state index in [1.165, 1.54) is 7.11 Å². The zero-order valence-electron chi connectivity index (χ0n) is 15.9. The van der Waals surface area contributed by atoms with Crippen LogP contribution in [0.4, 0.5) is 11.8 Å². The first-order valence-corrected chi connectivity index (χ1v) is 8.87. The lowest BCUT2D eigenvalue weighted by molar-refractivity contribution is 0.189. The van der Waals surface area contributed by atoms with Gasteiger partial charge < -0.3 is 24.7 Å². The fourth-order valence-electron chi connectivity index (χ4n) is 3.31. The maximum absolute atomic E-state index is 9.73. The number of piperazine rings is 1. The van der Waals surface area contributed by atoms with E-state index in [9.17, 15) is 10.2 Å². The van der Waals surface area contributed by atoms with Gasteiger partial charge in [-0.1, -0.05) is 0 Å². The topological polar surface area (TPSA) is 121 Å². The van der Waals surface area contributed by atoms with Crippen molar-refractivity contribution in [2.24, 2.45) is 0 Å². The minimum atomic E-state index is -0.712. The standard InChI is InChI=1S/C17H25N7O3/c1-10-7-23(14-5-6-18-15(21-14)12(3)26)8-11(2)24(10)16-19-13(9-25)20-17(22-16)27-4/h5-6,10-12,25-26H,7-9H2,1-4H3. The van der Waals surface area contributed by atoms with Crippen molar-refractivity contribution in [3.05, 3.63) is 23.9 Å². The molecule has 1 saturated heterocycles. The maximum Gasteiger partial charge on any atom is 0.321 e. The predicted octanol–water partition coefficient (Wildman–Crippen LogP) is 0.319. The third-order valence-electron chi connectivity index (χ3n) is 4.48. The van der Waals surface area contributed by atoms with E-state index in [0.29, 0.717) is 24.9 Å². The second kappa shape index (κ2) is 7.97. The lowest BCUT2D eigenvalue weighted by Gasteiger charge is -2.44. The highest BCUT2D eigenvalue weighted by atomic mass is 16.5. The lowest BCUT2D eigenvalue weighted by atomic mass is 10.1. The molecule has 3 rings (SSSR count). The molecule has 146 valence electrons. The Labute approximate surface area is 157 Å². The van der Waals surface area contributed by atoms with Crippen LogP contribution in [0.25, 0.3) is 0 Å². The van der Waals surface area contributed by atoms with Gasteiger partial charge in [0.2, 0.25) is 5.95 Å². The summed E-state index contributed by atoms with van der Waals surface area (Å²) in [5, 5.41) is 19.1. The van der Waals surface area contributed by atoms with E-state index in [-0.39, 0.29) is 30.5 Å². The molecule has 0 aromatic carbocycles. The Kier molecular flexibility index (Phi) is 5.66. The van der Waals surface area contributed by atoms with Gasteiger partial charge in [-0.25, -0.2) is 9.97 Å². The molecule has 1 aliphatic rings. The Morgan fingerprint density at radius 3 is 2.48 bits per heavy atom. The first kappa shape index (κ1) is 19.2. The lowest BCUT2D eigenvalue weighted by Crippen LogP contribution is -2.58. The molecular formula is C17H25N7O3. The zero-order chi connectivity index (χ0) is 19.6. The molecule has 2 N–H and O–H groups in total. The van der Waals surface area contributed by atoms with Gasteiger partial charge in [0.25, 0.3) is 0 Å². The maximum atomic E-state index is 9.73. The molecule has 10 heteroatoms. The van der Waals surface area contributed by atoms with E-state index in [0.717, 1.165) is 5.82 Å². The van der Waals surface area contributed by atoms with Crippen molar-refractivity contribution >= 4 is 11.8 Å². The highest BCUT2D eigenvalue weighted by Gasteiger charge is 2.32. The van der Waals surface area contributed by atoms with Crippen LogP contribution in [0, 0.1) is 0 Å². The first-order chi connectivity index (χ1) is 12.9. The number of nitrogens with zero attached hydrogens (tertiary/aromatic N) is 7. The van der Waals surface area contributed by atoms with Gasteiger partial charge in [-0.05, 0) is 26.8 Å². The smallest absolute Gasteiger partial charge is 0.321 e. The average molecular weight is 375 g/mol. The van der Waals surface area contributed by atoms with E-state index < -0.39 is 6.10 Å². The van der Waals surface area contributed by atoms with Crippen LogP contribution in [0.15, 0.2) is 12.3 Å². The summed E-state index contributed by atoms with van der Waals surface area (Å²) in [5.41, 5.74) is 0. The third kappa shape index (κ3) is 4.06. The van der Waals surface area contributed by atoms with E-state index in [1.54, 1.807) is 13.1 Å². The summed E-state index contributed by atoms with van der Waals surface area (Å²) in [5.74, 6) is 1.95. The van der Waals surface area contributed by atoms with E-state index in [2.05, 4.69) is 48.6 Å².